The highest BCUT2D eigenvalue weighted by Crippen LogP contribution is 2.13. The fourth-order valence-electron chi connectivity index (χ4n) is 1.80. The molecule has 2 atom stereocenters. The highest BCUT2D eigenvalue weighted by Gasteiger charge is 2.29. The smallest absolute Gasteiger partial charge is 0.238 e. The fourth-order valence-corrected chi connectivity index (χ4v) is 3.16. The molecule has 1 fully saturated rings. The first-order valence-electron chi connectivity index (χ1n) is 5.76. The zero-order valence-corrected chi connectivity index (χ0v) is 11.2. The van der Waals surface area contributed by atoms with Crippen LogP contribution in [0.1, 0.15) is 33.6 Å². The molecule has 5 heteroatoms. The Hall–Kier alpha value is -0.420. The van der Waals surface area contributed by atoms with Crippen LogP contribution in [0.3, 0.4) is 0 Å². The van der Waals surface area contributed by atoms with E-state index in [2.05, 4.69) is 0 Å². The standard InChI is InChI=1S/C11H22N2O2S/c1-9(16(15)8-11(2,3)12)10(14)13-6-4-5-7-13/h9H,4-8,12H2,1-3H3. The van der Waals surface area contributed by atoms with Gasteiger partial charge in [-0.05, 0) is 33.6 Å². The number of hydrogen-bond donors (Lipinski definition) is 1. The van der Waals surface area contributed by atoms with Gasteiger partial charge in [-0.3, -0.25) is 9.00 Å². The average Bonchev–Trinajstić information content (AvgIpc) is 2.65. The summed E-state index contributed by atoms with van der Waals surface area (Å²) in [5, 5.41) is -0.430. The summed E-state index contributed by atoms with van der Waals surface area (Å²) in [5.74, 6) is 0.383. The van der Waals surface area contributed by atoms with Crippen molar-refractivity contribution in [3.8, 4) is 0 Å². The SMILES string of the molecule is CC(C(=O)N1CCCC1)S(=O)CC(C)(C)N. The molecular weight excluding hydrogens is 224 g/mol. The molecule has 1 heterocycles. The molecule has 1 saturated heterocycles. The predicted octanol–water partition coefficient (Wildman–Crippen LogP) is 0.483. The third-order valence-corrected chi connectivity index (χ3v) is 4.69. The summed E-state index contributed by atoms with van der Waals surface area (Å²) in [6.07, 6.45) is 2.13. The quantitative estimate of drug-likeness (QED) is 0.785. The van der Waals surface area contributed by atoms with Gasteiger partial charge in [-0.25, -0.2) is 0 Å². The summed E-state index contributed by atoms with van der Waals surface area (Å²) in [7, 11) is -1.18. The topological polar surface area (TPSA) is 63.4 Å². The zero-order valence-electron chi connectivity index (χ0n) is 10.4. The Labute approximate surface area is 100 Å². The Balaban J connectivity index is 2.52. The Kier molecular flexibility index (Phi) is 4.50. The van der Waals surface area contributed by atoms with Crippen LogP contribution >= 0.6 is 0 Å². The van der Waals surface area contributed by atoms with Gasteiger partial charge < -0.3 is 10.6 Å². The van der Waals surface area contributed by atoms with Crippen LogP contribution in [0.15, 0.2) is 0 Å². The number of amides is 1. The van der Waals surface area contributed by atoms with Crippen LogP contribution in [0.2, 0.25) is 0 Å². The normalized spacial score (nSPS) is 20.9. The van der Waals surface area contributed by atoms with Crippen molar-refractivity contribution in [3.05, 3.63) is 0 Å². The van der Waals surface area contributed by atoms with Crippen LogP contribution in [-0.4, -0.2) is 44.6 Å². The molecule has 0 aromatic heterocycles. The number of carbonyl (C=O) groups excluding carboxylic acids is 1. The Morgan fingerprint density at radius 2 is 1.94 bits per heavy atom. The first-order valence-corrected chi connectivity index (χ1v) is 7.14. The number of hydrogen-bond acceptors (Lipinski definition) is 3. The molecule has 0 radical (unpaired) electrons. The van der Waals surface area contributed by atoms with Gasteiger partial charge in [0.2, 0.25) is 5.91 Å². The molecule has 1 amide bonds. The van der Waals surface area contributed by atoms with E-state index in [1.165, 1.54) is 0 Å². The second-order valence-corrected chi connectivity index (χ2v) is 6.95. The van der Waals surface area contributed by atoms with Crippen LogP contribution in [0, 0.1) is 0 Å². The molecule has 4 nitrogen and oxygen atoms in total. The Bertz CT molecular complexity index is 280. The number of likely N-dealkylation sites (tertiary alicyclic amines) is 1. The van der Waals surface area contributed by atoms with E-state index in [0.717, 1.165) is 25.9 Å². The molecule has 0 saturated carbocycles. The van der Waals surface area contributed by atoms with Gasteiger partial charge in [-0.15, -0.1) is 0 Å². The highest BCUT2D eigenvalue weighted by molar-refractivity contribution is 7.86. The maximum atomic E-state index is 12.0. The minimum atomic E-state index is -1.18. The lowest BCUT2D eigenvalue weighted by Crippen LogP contribution is -2.44. The molecule has 0 aromatic carbocycles. The van der Waals surface area contributed by atoms with Gasteiger partial charge in [0.25, 0.3) is 0 Å². The molecule has 1 aliphatic heterocycles. The largest absolute Gasteiger partial charge is 0.342 e. The molecule has 2 N–H and O–H groups in total. The first kappa shape index (κ1) is 13.6. The van der Waals surface area contributed by atoms with E-state index in [-0.39, 0.29) is 5.91 Å². The van der Waals surface area contributed by atoms with Crippen molar-refractivity contribution < 1.29 is 9.00 Å². The van der Waals surface area contributed by atoms with E-state index in [0.29, 0.717) is 5.75 Å². The lowest BCUT2D eigenvalue weighted by molar-refractivity contribution is -0.129. The molecule has 94 valence electrons. The molecule has 2 unspecified atom stereocenters. The second kappa shape index (κ2) is 5.27. The van der Waals surface area contributed by atoms with Crippen molar-refractivity contribution in [2.45, 2.75) is 44.4 Å². The predicted molar refractivity (Wildman–Crippen MR) is 66.6 cm³/mol. The molecule has 0 bridgehead atoms. The third kappa shape index (κ3) is 3.87. The summed E-state index contributed by atoms with van der Waals surface area (Å²) in [4.78, 5) is 13.8. The highest BCUT2D eigenvalue weighted by atomic mass is 32.2. The lowest BCUT2D eigenvalue weighted by Gasteiger charge is -2.23. The molecule has 0 aromatic rings. The maximum absolute atomic E-state index is 12.0. The number of carbonyl (C=O) groups is 1. The third-order valence-electron chi connectivity index (χ3n) is 2.67. The van der Waals surface area contributed by atoms with Crippen LogP contribution in [0.25, 0.3) is 0 Å². The fraction of sp³-hybridized carbons (Fsp3) is 0.909. The van der Waals surface area contributed by atoms with Gasteiger partial charge in [0, 0.05) is 35.2 Å². The minimum Gasteiger partial charge on any atom is -0.342 e. The Morgan fingerprint density at radius 3 is 2.38 bits per heavy atom. The molecule has 1 aliphatic rings. The summed E-state index contributed by atoms with van der Waals surface area (Å²) in [6.45, 7) is 7.02. The number of rotatable bonds is 4. The summed E-state index contributed by atoms with van der Waals surface area (Å²) in [5.41, 5.74) is 5.33. The van der Waals surface area contributed by atoms with E-state index in [1.807, 2.05) is 18.7 Å². The number of nitrogens with zero attached hydrogens (tertiary/aromatic N) is 1. The van der Waals surface area contributed by atoms with E-state index in [4.69, 9.17) is 5.73 Å². The van der Waals surface area contributed by atoms with Gasteiger partial charge in [-0.2, -0.15) is 0 Å². The van der Waals surface area contributed by atoms with Crippen molar-refractivity contribution in [1.29, 1.82) is 0 Å². The van der Waals surface area contributed by atoms with E-state index >= 15 is 0 Å². The van der Waals surface area contributed by atoms with Crippen molar-refractivity contribution in [2.75, 3.05) is 18.8 Å². The summed E-state index contributed by atoms with van der Waals surface area (Å²) >= 11 is 0. The van der Waals surface area contributed by atoms with Crippen molar-refractivity contribution in [3.63, 3.8) is 0 Å². The van der Waals surface area contributed by atoms with Crippen LogP contribution in [0.4, 0.5) is 0 Å². The van der Waals surface area contributed by atoms with Crippen LogP contribution in [-0.2, 0) is 15.6 Å². The second-order valence-electron chi connectivity index (χ2n) is 5.19. The van der Waals surface area contributed by atoms with Crippen LogP contribution in [0.5, 0.6) is 0 Å². The molecule has 16 heavy (non-hydrogen) atoms. The minimum absolute atomic E-state index is 0.0140. The average molecular weight is 246 g/mol. The van der Waals surface area contributed by atoms with Gasteiger partial charge in [0.15, 0.2) is 0 Å². The first-order chi connectivity index (χ1) is 7.31. The van der Waals surface area contributed by atoms with Crippen LogP contribution < -0.4 is 5.73 Å². The van der Waals surface area contributed by atoms with Gasteiger partial charge in [-0.1, -0.05) is 0 Å². The number of nitrogens with two attached hydrogens (primary N) is 1. The van der Waals surface area contributed by atoms with Crippen molar-refractivity contribution >= 4 is 16.7 Å². The van der Waals surface area contributed by atoms with Gasteiger partial charge in [0.1, 0.15) is 5.25 Å². The zero-order chi connectivity index (χ0) is 12.3. The molecule has 0 aliphatic carbocycles. The van der Waals surface area contributed by atoms with Gasteiger partial charge in [0.05, 0.1) is 0 Å². The van der Waals surface area contributed by atoms with Crippen molar-refractivity contribution in [2.24, 2.45) is 5.73 Å². The summed E-state index contributed by atoms with van der Waals surface area (Å²) < 4.78 is 11.9. The van der Waals surface area contributed by atoms with Crippen molar-refractivity contribution in [1.82, 2.24) is 4.90 Å². The van der Waals surface area contributed by atoms with Gasteiger partial charge >= 0.3 is 0 Å². The maximum Gasteiger partial charge on any atom is 0.238 e. The Morgan fingerprint density at radius 1 is 1.44 bits per heavy atom. The molecule has 0 spiro atoms. The molecule has 1 rings (SSSR count). The van der Waals surface area contributed by atoms with E-state index in [1.54, 1.807) is 6.92 Å². The monoisotopic (exact) mass is 246 g/mol. The molecular formula is C11H22N2O2S. The summed E-state index contributed by atoms with van der Waals surface area (Å²) in [6, 6.07) is 0. The lowest BCUT2D eigenvalue weighted by atomic mass is 10.1. The van der Waals surface area contributed by atoms with E-state index < -0.39 is 21.6 Å². The van der Waals surface area contributed by atoms with E-state index in [9.17, 15) is 9.00 Å².